The zero-order valence-corrected chi connectivity index (χ0v) is 9.11. The minimum atomic E-state index is -0.608. The summed E-state index contributed by atoms with van der Waals surface area (Å²) in [5.74, 6) is 0.423. The quantitative estimate of drug-likeness (QED) is 0.847. The summed E-state index contributed by atoms with van der Waals surface area (Å²) in [5, 5.41) is 11.4. The number of hydrogen-bond acceptors (Lipinski definition) is 4. The van der Waals surface area contributed by atoms with Gasteiger partial charge >= 0.3 is 6.09 Å². The number of carbonyl (C=O) groups excluding carboxylic acids is 1. The Balaban J connectivity index is 3.01. The summed E-state index contributed by atoms with van der Waals surface area (Å²) in [5.41, 5.74) is 0.651. The summed E-state index contributed by atoms with van der Waals surface area (Å²) >= 11 is 0. The van der Waals surface area contributed by atoms with Gasteiger partial charge in [0.15, 0.2) is 0 Å². The maximum Gasteiger partial charge on any atom is 0.411 e. The van der Waals surface area contributed by atoms with Crippen LogP contribution in [0.1, 0.15) is 12.5 Å². The highest BCUT2D eigenvalue weighted by molar-refractivity contribution is 5.89. The van der Waals surface area contributed by atoms with Crippen LogP contribution in [0, 0.1) is 11.3 Å². The van der Waals surface area contributed by atoms with Crippen LogP contribution in [0.4, 0.5) is 10.5 Å². The maximum atomic E-state index is 11.3. The Hall–Kier alpha value is -2.22. The van der Waals surface area contributed by atoms with Crippen LogP contribution in [0.15, 0.2) is 18.2 Å². The van der Waals surface area contributed by atoms with E-state index in [4.69, 9.17) is 14.7 Å². The van der Waals surface area contributed by atoms with Gasteiger partial charge in [-0.2, -0.15) is 5.26 Å². The van der Waals surface area contributed by atoms with Crippen molar-refractivity contribution in [2.45, 2.75) is 6.92 Å². The Morgan fingerprint density at radius 3 is 2.88 bits per heavy atom. The zero-order valence-electron chi connectivity index (χ0n) is 9.11. The lowest BCUT2D eigenvalue weighted by atomic mass is 10.2. The van der Waals surface area contributed by atoms with Crippen molar-refractivity contribution >= 4 is 11.8 Å². The van der Waals surface area contributed by atoms with Crippen molar-refractivity contribution in [2.75, 3.05) is 19.0 Å². The van der Waals surface area contributed by atoms with Gasteiger partial charge in [0.2, 0.25) is 0 Å². The minimum Gasteiger partial charge on any atom is -0.495 e. The highest BCUT2D eigenvalue weighted by Crippen LogP contribution is 2.27. The standard InChI is InChI=1S/C11H12N2O3/c1-3-16-11(14)13-10-8(7-12)5-4-6-9(10)15-2/h4-6H,3H2,1-2H3,(H,13,14). The smallest absolute Gasteiger partial charge is 0.411 e. The van der Waals surface area contributed by atoms with E-state index in [0.717, 1.165) is 0 Å². The molecule has 0 heterocycles. The number of nitriles is 1. The summed E-state index contributed by atoms with van der Waals surface area (Å²) in [6.45, 7) is 1.97. The molecule has 1 rings (SSSR count). The average molecular weight is 220 g/mol. The van der Waals surface area contributed by atoms with Gasteiger partial charge < -0.3 is 9.47 Å². The number of nitrogens with one attached hydrogen (secondary N) is 1. The largest absolute Gasteiger partial charge is 0.495 e. The highest BCUT2D eigenvalue weighted by Gasteiger charge is 2.12. The molecule has 0 radical (unpaired) electrons. The topological polar surface area (TPSA) is 71.3 Å². The number of benzene rings is 1. The molecular formula is C11H12N2O3. The number of anilines is 1. The first kappa shape index (κ1) is 11.9. The lowest BCUT2D eigenvalue weighted by Crippen LogP contribution is -2.14. The van der Waals surface area contributed by atoms with Crippen LogP contribution in [0.2, 0.25) is 0 Å². The molecule has 0 bridgehead atoms. The molecule has 1 amide bonds. The van der Waals surface area contributed by atoms with E-state index in [0.29, 0.717) is 17.0 Å². The Labute approximate surface area is 93.6 Å². The van der Waals surface area contributed by atoms with Gasteiger partial charge in [-0.05, 0) is 19.1 Å². The average Bonchev–Trinajstić information content (AvgIpc) is 2.29. The summed E-state index contributed by atoms with van der Waals surface area (Å²) < 4.78 is 9.78. The van der Waals surface area contributed by atoms with Crippen molar-refractivity contribution in [3.63, 3.8) is 0 Å². The van der Waals surface area contributed by atoms with Crippen LogP contribution in [0.25, 0.3) is 0 Å². The molecule has 0 atom stereocenters. The third-order valence-corrected chi connectivity index (χ3v) is 1.87. The molecule has 0 aliphatic carbocycles. The van der Waals surface area contributed by atoms with E-state index in [2.05, 4.69) is 5.32 Å². The molecule has 5 heteroatoms. The van der Waals surface area contributed by atoms with Crippen LogP contribution >= 0.6 is 0 Å². The summed E-state index contributed by atoms with van der Waals surface area (Å²) in [6, 6.07) is 6.88. The van der Waals surface area contributed by atoms with Crippen molar-refractivity contribution in [3.8, 4) is 11.8 Å². The van der Waals surface area contributed by atoms with Crippen molar-refractivity contribution in [1.82, 2.24) is 0 Å². The first-order valence-corrected chi connectivity index (χ1v) is 4.73. The molecule has 5 nitrogen and oxygen atoms in total. The lowest BCUT2D eigenvalue weighted by molar-refractivity contribution is 0.168. The second-order valence-electron chi connectivity index (χ2n) is 2.84. The Kier molecular flexibility index (Phi) is 4.16. The van der Waals surface area contributed by atoms with Gasteiger partial charge in [0.25, 0.3) is 0 Å². The van der Waals surface area contributed by atoms with E-state index >= 15 is 0 Å². The van der Waals surface area contributed by atoms with Crippen molar-refractivity contribution in [1.29, 1.82) is 5.26 Å². The number of para-hydroxylation sites is 1. The van der Waals surface area contributed by atoms with E-state index in [9.17, 15) is 4.79 Å². The molecule has 1 N–H and O–H groups in total. The fourth-order valence-corrected chi connectivity index (χ4v) is 1.19. The van der Waals surface area contributed by atoms with Crippen LogP contribution in [0.5, 0.6) is 5.75 Å². The van der Waals surface area contributed by atoms with E-state index in [1.165, 1.54) is 7.11 Å². The molecule has 0 aliphatic rings. The van der Waals surface area contributed by atoms with Gasteiger partial charge in [-0.25, -0.2) is 4.79 Å². The number of hydrogen-bond donors (Lipinski definition) is 1. The maximum absolute atomic E-state index is 11.3. The van der Waals surface area contributed by atoms with Crippen molar-refractivity contribution in [3.05, 3.63) is 23.8 Å². The first-order chi connectivity index (χ1) is 7.72. The van der Waals surface area contributed by atoms with Gasteiger partial charge in [-0.15, -0.1) is 0 Å². The summed E-state index contributed by atoms with van der Waals surface area (Å²) in [6.07, 6.45) is -0.608. The van der Waals surface area contributed by atoms with Crippen molar-refractivity contribution in [2.24, 2.45) is 0 Å². The number of rotatable bonds is 3. The molecular weight excluding hydrogens is 208 g/mol. The molecule has 0 saturated carbocycles. The second kappa shape index (κ2) is 5.61. The van der Waals surface area contributed by atoms with Crippen LogP contribution in [-0.4, -0.2) is 19.8 Å². The van der Waals surface area contributed by atoms with Gasteiger partial charge in [-0.3, -0.25) is 5.32 Å². The highest BCUT2D eigenvalue weighted by atomic mass is 16.5. The lowest BCUT2D eigenvalue weighted by Gasteiger charge is -2.10. The predicted molar refractivity (Wildman–Crippen MR) is 58.4 cm³/mol. The number of amides is 1. The van der Waals surface area contributed by atoms with Crippen molar-refractivity contribution < 1.29 is 14.3 Å². The monoisotopic (exact) mass is 220 g/mol. The normalized spacial score (nSPS) is 9.06. The molecule has 16 heavy (non-hydrogen) atoms. The minimum absolute atomic E-state index is 0.267. The van der Waals surface area contributed by atoms with E-state index in [-0.39, 0.29) is 6.61 Å². The molecule has 0 aliphatic heterocycles. The third kappa shape index (κ3) is 2.64. The summed E-state index contributed by atoms with van der Waals surface area (Å²) in [7, 11) is 1.47. The summed E-state index contributed by atoms with van der Waals surface area (Å²) in [4.78, 5) is 11.3. The van der Waals surface area contributed by atoms with Crippen LogP contribution in [0.3, 0.4) is 0 Å². The SMILES string of the molecule is CCOC(=O)Nc1c(C#N)cccc1OC. The number of nitrogens with zero attached hydrogens (tertiary/aromatic N) is 1. The van der Waals surface area contributed by atoms with E-state index in [1.54, 1.807) is 25.1 Å². The first-order valence-electron chi connectivity index (χ1n) is 4.73. The zero-order chi connectivity index (χ0) is 12.0. The fourth-order valence-electron chi connectivity index (χ4n) is 1.19. The molecule has 1 aromatic rings. The molecule has 0 fully saturated rings. The van der Waals surface area contributed by atoms with E-state index < -0.39 is 6.09 Å². The van der Waals surface area contributed by atoms with Crippen LogP contribution in [-0.2, 0) is 4.74 Å². The molecule has 0 saturated heterocycles. The molecule has 84 valence electrons. The van der Waals surface area contributed by atoms with Gasteiger partial charge in [-0.1, -0.05) is 6.07 Å². The van der Waals surface area contributed by atoms with Gasteiger partial charge in [0.05, 0.1) is 19.3 Å². The van der Waals surface area contributed by atoms with Crippen LogP contribution < -0.4 is 10.1 Å². The number of carbonyl (C=O) groups is 1. The predicted octanol–water partition coefficient (Wildman–Crippen LogP) is 2.14. The molecule has 0 aromatic heterocycles. The Morgan fingerprint density at radius 2 is 2.31 bits per heavy atom. The van der Waals surface area contributed by atoms with Gasteiger partial charge in [0.1, 0.15) is 17.5 Å². The fraction of sp³-hybridized carbons (Fsp3) is 0.273. The number of methoxy groups -OCH3 is 1. The Morgan fingerprint density at radius 1 is 1.56 bits per heavy atom. The second-order valence-corrected chi connectivity index (χ2v) is 2.84. The molecule has 0 spiro atoms. The number of ether oxygens (including phenoxy) is 2. The molecule has 1 aromatic carbocycles. The molecule has 0 unspecified atom stereocenters. The van der Waals surface area contributed by atoms with E-state index in [1.807, 2.05) is 6.07 Å². The third-order valence-electron chi connectivity index (χ3n) is 1.87. The van der Waals surface area contributed by atoms with Gasteiger partial charge in [0, 0.05) is 0 Å². The Bertz CT molecular complexity index is 424.